The van der Waals surface area contributed by atoms with Crippen LogP contribution in [0.15, 0.2) is 29.2 Å². The van der Waals surface area contributed by atoms with Crippen molar-refractivity contribution in [2.45, 2.75) is 22.5 Å². The van der Waals surface area contributed by atoms with Gasteiger partial charge in [0.15, 0.2) is 0 Å². The molecular formula is C9H13BF2OS. The second-order valence-corrected chi connectivity index (χ2v) is 4.32. The van der Waals surface area contributed by atoms with Crippen LogP contribution in [0.2, 0.25) is 0 Å². The minimum absolute atomic E-state index is 0. The van der Waals surface area contributed by atoms with Gasteiger partial charge >= 0.3 is 0 Å². The molecule has 14 heavy (non-hydrogen) atoms. The molecule has 1 heterocycles. The molecule has 0 radical (unpaired) electrons. The van der Waals surface area contributed by atoms with Crippen molar-refractivity contribution in [3.63, 3.8) is 0 Å². The third kappa shape index (κ3) is 2.09. The predicted molar refractivity (Wildman–Crippen MR) is 59.2 cm³/mol. The summed E-state index contributed by atoms with van der Waals surface area (Å²) in [6.07, 6.45) is 1.43. The van der Waals surface area contributed by atoms with Crippen molar-refractivity contribution in [2.24, 2.45) is 0 Å². The van der Waals surface area contributed by atoms with Crippen LogP contribution >= 0.6 is 11.8 Å². The number of halogens is 2. The minimum atomic E-state index is 0. The lowest BCUT2D eigenvalue weighted by atomic mass is 10.1. The monoisotopic (exact) mass is 218 g/mol. The first kappa shape index (κ1) is 13.5. The van der Waals surface area contributed by atoms with Crippen LogP contribution in [0.3, 0.4) is 0 Å². The molecule has 3 rings (SSSR count). The Morgan fingerprint density at radius 3 is 2.50 bits per heavy atom. The third-order valence-corrected chi connectivity index (χ3v) is 3.78. The SMILES string of the molecule is BO.F.F.c1ccc2c(c1)SC1CC21. The number of benzene rings is 1. The number of fused-ring (bicyclic) bond motifs is 3. The zero-order valence-electron chi connectivity index (χ0n) is 7.84. The van der Waals surface area contributed by atoms with Crippen molar-refractivity contribution >= 4 is 19.8 Å². The molecule has 1 aliphatic heterocycles. The molecular weight excluding hydrogens is 205 g/mol. The topological polar surface area (TPSA) is 20.2 Å². The molecule has 1 aromatic rings. The Morgan fingerprint density at radius 1 is 1.21 bits per heavy atom. The quantitative estimate of drug-likeness (QED) is 0.665. The summed E-state index contributed by atoms with van der Waals surface area (Å²) in [6, 6.07) is 8.81. The first-order valence-electron chi connectivity index (χ1n) is 4.15. The lowest BCUT2D eigenvalue weighted by Crippen LogP contribution is -1.76. The molecule has 0 spiro atoms. The van der Waals surface area contributed by atoms with Crippen LogP contribution < -0.4 is 0 Å². The van der Waals surface area contributed by atoms with Crippen molar-refractivity contribution in [1.29, 1.82) is 0 Å². The van der Waals surface area contributed by atoms with E-state index in [0.717, 1.165) is 19.2 Å². The van der Waals surface area contributed by atoms with E-state index in [2.05, 4.69) is 36.0 Å². The molecule has 2 aliphatic rings. The van der Waals surface area contributed by atoms with Gasteiger partial charge in [0.25, 0.3) is 8.05 Å². The average Bonchev–Trinajstić information content (AvgIpc) is 2.83. The largest absolute Gasteiger partial charge is 0.458 e. The van der Waals surface area contributed by atoms with Gasteiger partial charge in [0.2, 0.25) is 0 Å². The van der Waals surface area contributed by atoms with Gasteiger partial charge < -0.3 is 5.02 Å². The Labute approximate surface area is 87.1 Å². The maximum absolute atomic E-state index is 7.00. The predicted octanol–water partition coefficient (Wildman–Crippen LogP) is 1.48. The van der Waals surface area contributed by atoms with Gasteiger partial charge in [-0.1, -0.05) is 18.2 Å². The molecule has 0 amide bonds. The van der Waals surface area contributed by atoms with Gasteiger partial charge in [0.05, 0.1) is 0 Å². The average molecular weight is 218 g/mol. The van der Waals surface area contributed by atoms with E-state index in [1.165, 1.54) is 11.3 Å². The van der Waals surface area contributed by atoms with E-state index in [1.807, 2.05) is 0 Å². The Bertz CT molecular complexity index is 298. The van der Waals surface area contributed by atoms with Crippen molar-refractivity contribution < 1.29 is 14.4 Å². The molecule has 1 N–H and O–H groups in total. The Kier molecular flexibility index (Phi) is 5.16. The van der Waals surface area contributed by atoms with Gasteiger partial charge in [0.1, 0.15) is 0 Å². The molecule has 2 atom stereocenters. The van der Waals surface area contributed by atoms with Crippen LogP contribution in [0, 0.1) is 0 Å². The highest BCUT2D eigenvalue weighted by atomic mass is 32.2. The van der Waals surface area contributed by atoms with Crippen LogP contribution in [0.1, 0.15) is 17.9 Å². The van der Waals surface area contributed by atoms with Gasteiger partial charge in [-0.05, 0) is 24.0 Å². The second kappa shape index (κ2) is 5.36. The van der Waals surface area contributed by atoms with Gasteiger partial charge in [-0.2, -0.15) is 0 Å². The number of hydrogen-bond donors (Lipinski definition) is 1. The zero-order chi connectivity index (χ0) is 8.55. The molecule has 0 bridgehead atoms. The van der Waals surface area contributed by atoms with E-state index < -0.39 is 0 Å². The standard InChI is InChI=1S/C9H8S.BH3O.2FH/c1-2-4-8-6(3-1)7-5-9(7)10-8;1-2;;/h1-4,7,9H,5H2;2H,1H2;2*1H. The van der Waals surface area contributed by atoms with Crippen molar-refractivity contribution in [1.82, 2.24) is 0 Å². The molecule has 0 aromatic heterocycles. The summed E-state index contributed by atoms with van der Waals surface area (Å²) in [6.45, 7) is 0. The molecule has 0 saturated heterocycles. The van der Waals surface area contributed by atoms with Crippen LogP contribution in [0.25, 0.3) is 0 Å². The molecule has 1 fully saturated rings. The highest BCUT2D eigenvalue weighted by Crippen LogP contribution is 2.60. The van der Waals surface area contributed by atoms with Crippen LogP contribution in [-0.2, 0) is 0 Å². The Hall–Kier alpha value is -0.545. The molecule has 2 unspecified atom stereocenters. The molecule has 1 saturated carbocycles. The van der Waals surface area contributed by atoms with E-state index in [0.29, 0.717) is 0 Å². The van der Waals surface area contributed by atoms with Crippen molar-refractivity contribution in [2.75, 3.05) is 0 Å². The first-order chi connectivity index (χ1) is 5.95. The van der Waals surface area contributed by atoms with E-state index in [9.17, 15) is 0 Å². The maximum atomic E-state index is 7.00. The number of hydrogen-bond acceptors (Lipinski definition) is 2. The van der Waals surface area contributed by atoms with Crippen LogP contribution in [0.5, 0.6) is 0 Å². The Morgan fingerprint density at radius 2 is 1.86 bits per heavy atom. The van der Waals surface area contributed by atoms with E-state index in [-0.39, 0.29) is 9.41 Å². The zero-order valence-corrected chi connectivity index (χ0v) is 8.66. The summed E-state index contributed by atoms with van der Waals surface area (Å²) in [5, 5.41) is 7.96. The van der Waals surface area contributed by atoms with Crippen LogP contribution in [0.4, 0.5) is 9.41 Å². The summed E-state index contributed by atoms with van der Waals surface area (Å²) < 4.78 is 0. The van der Waals surface area contributed by atoms with E-state index in [4.69, 9.17) is 5.02 Å². The first-order valence-corrected chi connectivity index (χ1v) is 5.03. The summed E-state index contributed by atoms with van der Waals surface area (Å²) >= 11 is 2.07. The van der Waals surface area contributed by atoms with Gasteiger partial charge in [-0.25, -0.2) is 0 Å². The number of rotatable bonds is 0. The molecule has 78 valence electrons. The smallest absolute Gasteiger partial charge is 0.252 e. The lowest BCUT2D eigenvalue weighted by Gasteiger charge is -1.97. The number of thioether (sulfide) groups is 1. The summed E-state index contributed by atoms with van der Waals surface area (Å²) in [5.41, 5.74) is 1.61. The normalized spacial score (nSPS) is 24.1. The second-order valence-electron chi connectivity index (χ2n) is 3.04. The maximum Gasteiger partial charge on any atom is 0.252 e. The van der Waals surface area contributed by atoms with Crippen molar-refractivity contribution in [3.8, 4) is 0 Å². The fourth-order valence-electron chi connectivity index (χ4n) is 1.69. The molecule has 1 aliphatic carbocycles. The lowest BCUT2D eigenvalue weighted by molar-refractivity contribution is 0.629. The highest BCUT2D eigenvalue weighted by molar-refractivity contribution is 8.00. The van der Waals surface area contributed by atoms with Gasteiger partial charge in [-0.15, -0.1) is 11.8 Å². The summed E-state index contributed by atoms with van der Waals surface area (Å²) in [7, 11) is 1.00. The van der Waals surface area contributed by atoms with Gasteiger partial charge in [0, 0.05) is 10.1 Å². The third-order valence-electron chi connectivity index (χ3n) is 2.33. The van der Waals surface area contributed by atoms with Gasteiger partial charge in [-0.3, -0.25) is 9.41 Å². The highest BCUT2D eigenvalue weighted by Gasteiger charge is 2.45. The Balaban J connectivity index is 0.000000401. The fourth-order valence-corrected chi connectivity index (χ4v) is 3.14. The molecule has 5 heteroatoms. The molecule has 1 nitrogen and oxygen atoms in total. The van der Waals surface area contributed by atoms with E-state index in [1.54, 1.807) is 5.56 Å². The minimum Gasteiger partial charge on any atom is -0.458 e. The fraction of sp³-hybridized carbons (Fsp3) is 0.333. The summed E-state index contributed by atoms with van der Waals surface area (Å²) in [4.78, 5) is 1.53. The summed E-state index contributed by atoms with van der Waals surface area (Å²) in [5.74, 6) is 0.932. The van der Waals surface area contributed by atoms with Crippen LogP contribution in [-0.4, -0.2) is 18.3 Å². The van der Waals surface area contributed by atoms with E-state index >= 15 is 0 Å². The van der Waals surface area contributed by atoms with Crippen molar-refractivity contribution in [3.05, 3.63) is 29.8 Å². The molecule has 1 aromatic carbocycles.